The van der Waals surface area contributed by atoms with Gasteiger partial charge >= 0.3 is 0 Å². The summed E-state index contributed by atoms with van der Waals surface area (Å²) in [5, 5.41) is 0. The predicted octanol–water partition coefficient (Wildman–Crippen LogP) is 2.13. The highest BCUT2D eigenvalue weighted by Gasteiger charge is 2.45. The molecule has 0 saturated carbocycles. The van der Waals surface area contributed by atoms with Crippen LogP contribution in [0.1, 0.15) is 10.4 Å². The summed E-state index contributed by atoms with van der Waals surface area (Å²) in [4.78, 5) is 41.2. The monoisotopic (exact) mass is 338 g/mol. The molecule has 25 heavy (non-hydrogen) atoms. The third-order valence-electron chi connectivity index (χ3n) is 4.39. The van der Waals surface area contributed by atoms with Crippen LogP contribution in [0, 0.1) is 5.92 Å². The lowest BCUT2D eigenvalue weighted by Gasteiger charge is -2.32. The second-order valence-electron chi connectivity index (χ2n) is 5.78. The Morgan fingerprint density at radius 1 is 1.08 bits per heavy atom. The molecule has 1 aliphatic rings. The number of carbonyl (C=O) groups is 3. The fraction of sp³-hybridized carbons (Fsp3) is 0.211. The van der Waals surface area contributed by atoms with E-state index in [1.54, 1.807) is 56.6 Å². The summed E-state index contributed by atoms with van der Waals surface area (Å²) in [5.41, 5.74) is 1.31. The van der Waals surface area contributed by atoms with E-state index in [2.05, 4.69) is 0 Å². The molecule has 2 aromatic rings. The zero-order valence-electron chi connectivity index (χ0n) is 14.2. The van der Waals surface area contributed by atoms with Gasteiger partial charge in [0, 0.05) is 19.8 Å². The standard InChI is InChI=1S/C19H18N2O4/c1-20(12-8-5-4-6-9-12)18(23)16-17(22)15-13(21(2)19(16)24)10-7-11-14(15)25-3/h4-11,16H,1-3H3. The van der Waals surface area contributed by atoms with Crippen LogP contribution >= 0.6 is 0 Å². The van der Waals surface area contributed by atoms with Crippen molar-refractivity contribution in [1.29, 1.82) is 0 Å². The summed E-state index contributed by atoms with van der Waals surface area (Å²) in [6, 6.07) is 13.9. The van der Waals surface area contributed by atoms with E-state index in [0.717, 1.165) is 0 Å². The number of Topliss-reactive ketones (excluding diaryl/α,β-unsaturated/α-hetero) is 1. The summed E-state index contributed by atoms with van der Waals surface area (Å²) in [5.74, 6) is -2.72. The molecule has 0 aromatic heterocycles. The Labute approximate surface area is 145 Å². The van der Waals surface area contributed by atoms with Crippen LogP contribution in [0.4, 0.5) is 11.4 Å². The highest BCUT2D eigenvalue weighted by Crippen LogP contribution is 2.36. The number of methoxy groups -OCH3 is 1. The topological polar surface area (TPSA) is 66.9 Å². The normalized spacial score (nSPS) is 16.4. The molecular weight excluding hydrogens is 320 g/mol. The van der Waals surface area contributed by atoms with Crippen molar-refractivity contribution < 1.29 is 19.1 Å². The van der Waals surface area contributed by atoms with Crippen LogP contribution in [0.15, 0.2) is 48.5 Å². The number of anilines is 2. The van der Waals surface area contributed by atoms with Crippen molar-refractivity contribution in [2.75, 3.05) is 31.0 Å². The van der Waals surface area contributed by atoms with Gasteiger partial charge in [0.2, 0.25) is 11.8 Å². The number of carbonyl (C=O) groups excluding carboxylic acids is 3. The number of ether oxygens (including phenoxy) is 1. The molecule has 0 spiro atoms. The second kappa shape index (κ2) is 6.39. The van der Waals surface area contributed by atoms with Crippen LogP contribution in [0.25, 0.3) is 0 Å². The minimum Gasteiger partial charge on any atom is -0.496 e. The number of amides is 2. The maximum Gasteiger partial charge on any atom is 0.247 e. The molecule has 6 heteroatoms. The summed E-state index contributed by atoms with van der Waals surface area (Å²) in [7, 11) is 4.55. The van der Waals surface area contributed by atoms with Gasteiger partial charge in [-0.25, -0.2) is 0 Å². The van der Waals surface area contributed by atoms with E-state index in [9.17, 15) is 14.4 Å². The van der Waals surface area contributed by atoms with Crippen LogP contribution in [-0.4, -0.2) is 38.8 Å². The molecule has 0 aliphatic carbocycles. The Morgan fingerprint density at radius 3 is 2.40 bits per heavy atom. The summed E-state index contributed by atoms with van der Waals surface area (Å²) < 4.78 is 5.26. The molecule has 0 fully saturated rings. The van der Waals surface area contributed by atoms with Crippen molar-refractivity contribution in [3.63, 3.8) is 0 Å². The lowest BCUT2D eigenvalue weighted by Crippen LogP contribution is -2.50. The molecule has 1 heterocycles. The predicted molar refractivity (Wildman–Crippen MR) is 94.1 cm³/mol. The molecule has 128 valence electrons. The first kappa shape index (κ1) is 16.7. The largest absolute Gasteiger partial charge is 0.496 e. The molecule has 0 bridgehead atoms. The van der Waals surface area contributed by atoms with Crippen molar-refractivity contribution in [2.24, 2.45) is 5.92 Å². The van der Waals surface area contributed by atoms with E-state index in [0.29, 0.717) is 17.1 Å². The zero-order valence-corrected chi connectivity index (χ0v) is 14.2. The molecule has 2 aromatic carbocycles. The van der Waals surface area contributed by atoms with Gasteiger partial charge in [0.05, 0.1) is 18.4 Å². The second-order valence-corrected chi connectivity index (χ2v) is 5.78. The van der Waals surface area contributed by atoms with Gasteiger partial charge in [-0.05, 0) is 24.3 Å². The molecular formula is C19H18N2O4. The number of rotatable bonds is 3. The third kappa shape index (κ3) is 2.65. The maximum absolute atomic E-state index is 13.0. The highest BCUT2D eigenvalue weighted by atomic mass is 16.5. The van der Waals surface area contributed by atoms with Gasteiger partial charge in [-0.15, -0.1) is 0 Å². The summed E-state index contributed by atoms with van der Waals surface area (Å²) in [6.07, 6.45) is 0. The van der Waals surface area contributed by atoms with Crippen molar-refractivity contribution in [1.82, 2.24) is 0 Å². The SMILES string of the molecule is COc1cccc2c1C(=O)C(C(=O)N(C)c1ccccc1)C(=O)N2C. The fourth-order valence-corrected chi connectivity index (χ4v) is 2.98. The van der Waals surface area contributed by atoms with E-state index in [4.69, 9.17) is 4.74 Å². The number of fused-ring (bicyclic) bond motifs is 1. The minimum absolute atomic E-state index is 0.256. The van der Waals surface area contributed by atoms with Gasteiger partial charge in [0.1, 0.15) is 5.75 Å². The van der Waals surface area contributed by atoms with E-state index in [1.807, 2.05) is 6.07 Å². The van der Waals surface area contributed by atoms with Crippen LogP contribution in [0.2, 0.25) is 0 Å². The quantitative estimate of drug-likeness (QED) is 0.804. The Bertz CT molecular complexity index is 848. The van der Waals surface area contributed by atoms with Crippen molar-refractivity contribution in [3.05, 3.63) is 54.1 Å². The average molecular weight is 338 g/mol. The molecule has 0 radical (unpaired) electrons. The Hall–Kier alpha value is -3.15. The first-order chi connectivity index (χ1) is 12.0. The number of para-hydroxylation sites is 1. The number of nitrogens with zero attached hydrogens (tertiary/aromatic N) is 2. The van der Waals surface area contributed by atoms with Crippen molar-refractivity contribution in [3.8, 4) is 5.75 Å². The number of hydrogen-bond acceptors (Lipinski definition) is 4. The van der Waals surface area contributed by atoms with E-state index in [-0.39, 0.29) is 5.56 Å². The lowest BCUT2D eigenvalue weighted by molar-refractivity contribution is -0.130. The maximum atomic E-state index is 13.0. The van der Waals surface area contributed by atoms with E-state index in [1.165, 1.54) is 16.9 Å². The Morgan fingerprint density at radius 2 is 1.76 bits per heavy atom. The molecule has 1 aliphatic heterocycles. The fourth-order valence-electron chi connectivity index (χ4n) is 2.98. The van der Waals surface area contributed by atoms with Gasteiger partial charge in [-0.2, -0.15) is 0 Å². The van der Waals surface area contributed by atoms with Crippen molar-refractivity contribution >= 4 is 29.0 Å². The van der Waals surface area contributed by atoms with Gasteiger partial charge in [-0.3, -0.25) is 14.4 Å². The van der Waals surface area contributed by atoms with Gasteiger partial charge in [0.25, 0.3) is 0 Å². The van der Waals surface area contributed by atoms with Crippen LogP contribution in [0.5, 0.6) is 5.75 Å². The van der Waals surface area contributed by atoms with Crippen LogP contribution in [0.3, 0.4) is 0 Å². The molecule has 0 saturated heterocycles. The first-order valence-electron chi connectivity index (χ1n) is 7.78. The molecule has 6 nitrogen and oxygen atoms in total. The van der Waals surface area contributed by atoms with Crippen LogP contribution < -0.4 is 14.5 Å². The summed E-state index contributed by atoms with van der Waals surface area (Å²) in [6.45, 7) is 0. The van der Waals surface area contributed by atoms with E-state index < -0.39 is 23.5 Å². The number of benzene rings is 2. The Kier molecular flexibility index (Phi) is 4.27. The highest BCUT2D eigenvalue weighted by molar-refractivity contribution is 6.33. The van der Waals surface area contributed by atoms with E-state index >= 15 is 0 Å². The Balaban J connectivity index is 2.04. The zero-order chi connectivity index (χ0) is 18.1. The average Bonchev–Trinajstić information content (AvgIpc) is 2.65. The smallest absolute Gasteiger partial charge is 0.247 e. The van der Waals surface area contributed by atoms with Crippen molar-refractivity contribution in [2.45, 2.75) is 0 Å². The summed E-state index contributed by atoms with van der Waals surface area (Å²) >= 11 is 0. The van der Waals surface area contributed by atoms with Gasteiger partial charge < -0.3 is 14.5 Å². The molecule has 1 atom stereocenters. The van der Waals surface area contributed by atoms with Gasteiger partial charge in [-0.1, -0.05) is 24.3 Å². The molecule has 0 N–H and O–H groups in total. The third-order valence-corrected chi connectivity index (χ3v) is 4.39. The molecule has 2 amide bonds. The number of ketones is 1. The minimum atomic E-state index is -1.42. The van der Waals surface area contributed by atoms with Gasteiger partial charge in [0.15, 0.2) is 11.7 Å². The lowest BCUT2D eigenvalue weighted by atomic mass is 9.88. The molecule has 1 unspecified atom stereocenters. The number of hydrogen-bond donors (Lipinski definition) is 0. The first-order valence-corrected chi connectivity index (χ1v) is 7.78. The molecule has 3 rings (SSSR count). The van der Waals surface area contributed by atoms with Crippen LogP contribution in [-0.2, 0) is 9.59 Å².